The number of hydrogen-bond acceptors (Lipinski definition) is 4. The zero-order chi connectivity index (χ0) is 19.8. The molecule has 5 nitrogen and oxygen atoms in total. The average Bonchev–Trinajstić information content (AvgIpc) is 2.74. The van der Waals surface area contributed by atoms with Gasteiger partial charge in [0.25, 0.3) is 5.91 Å². The molecule has 1 aromatic heterocycles. The molecule has 0 aliphatic carbocycles. The summed E-state index contributed by atoms with van der Waals surface area (Å²) in [5.41, 5.74) is 4.76. The molecule has 0 atom stereocenters. The van der Waals surface area contributed by atoms with Crippen LogP contribution in [0.2, 0.25) is 0 Å². The summed E-state index contributed by atoms with van der Waals surface area (Å²) in [5.74, 6) is 0.675. The van der Waals surface area contributed by atoms with E-state index in [1.54, 1.807) is 19.4 Å². The van der Waals surface area contributed by atoms with Gasteiger partial charge in [-0.2, -0.15) is 0 Å². The number of pyridine rings is 1. The number of ether oxygens (including phenoxy) is 1. The number of nitrogens with zero attached hydrogens (tertiary/aromatic N) is 1. The smallest absolute Gasteiger partial charge is 0.270 e. The summed E-state index contributed by atoms with van der Waals surface area (Å²) >= 11 is 0. The molecule has 2 N–H and O–H groups in total. The second-order valence-corrected chi connectivity index (χ2v) is 6.56. The summed E-state index contributed by atoms with van der Waals surface area (Å²) in [7, 11) is 1.66. The zero-order valence-corrected chi connectivity index (χ0v) is 16.2. The third kappa shape index (κ3) is 5.33. The lowest BCUT2D eigenvalue weighted by Gasteiger charge is -2.10. The first-order valence-electron chi connectivity index (χ1n) is 9.31. The van der Waals surface area contributed by atoms with Gasteiger partial charge in [0.1, 0.15) is 11.4 Å². The first kappa shape index (κ1) is 19.4. The molecular weight excluding hydrogens is 350 g/mol. The minimum atomic E-state index is -0.179. The van der Waals surface area contributed by atoms with Gasteiger partial charge in [0.2, 0.25) is 0 Å². The minimum absolute atomic E-state index is 0.179. The van der Waals surface area contributed by atoms with Crippen LogP contribution >= 0.6 is 0 Å². The van der Waals surface area contributed by atoms with Gasteiger partial charge >= 0.3 is 0 Å². The van der Waals surface area contributed by atoms with Crippen LogP contribution in [0.15, 0.2) is 66.9 Å². The fourth-order valence-electron chi connectivity index (χ4n) is 2.88. The molecule has 28 heavy (non-hydrogen) atoms. The highest BCUT2D eigenvalue weighted by Crippen LogP contribution is 2.13. The number of carbonyl (C=O) groups is 1. The van der Waals surface area contributed by atoms with Crippen LogP contribution < -0.4 is 15.4 Å². The second kappa shape index (κ2) is 9.55. The largest absolute Gasteiger partial charge is 0.497 e. The molecule has 3 rings (SSSR count). The van der Waals surface area contributed by atoms with E-state index in [-0.39, 0.29) is 5.91 Å². The SMILES string of the molecule is COc1ccc(CCNc2ccnc(C(=O)NCc3ccccc3C)c2)cc1. The molecule has 0 aliphatic rings. The van der Waals surface area contributed by atoms with E-state index in [9.17, 15) is 4.79 Å². The van der Waals surface area contributed by atoms with E-state index in [1.807, 2.05) is 49.4 Å². The van der Waals surface area contributed by atoms with Gasteiger partial charge in [0.05, 0.1) is 7.11 Å². The highest BCUT2D eigenvalue weighted by Gasteiger charge is 2.08. The van der Waals surface area contributed by atoms with Crippen molar-refractivity contribution < 1.29 is 9.53 Å². The van der Waals surface area contributed by atoms with Crippen molar-refractivity contribution in [2.45, 2.75) is 19.9 Å². The molecule has 0 aliphatic heterocycles. The molecule has 0 spiro atoms. The Morgan fingerprint density at radius 2 is 1.86 bits per heavy atom. The zero-order valence-electron chi connectivity index (χ0n) is 16.2. The van der Waals surface area contributed by atoms with E-state index in [0.29, 0.717) is 12.2 Å². The lowest BCUT2D eigenvalue weighted by molar-refractivity contribution is 0.0946. The van der Waals surface area contributed by atoms with Crippen LogP contribution in [0.1, 0.15) is 27.2 Å². The molecule has 0 saturated carbocycles. The molecule has 144 valence electrons. The molecular formula is C23H25N3O2. The average molecular weight is 375 g/mol. The van der Waals surface area contributed by atoms with Gasteiger partial charge in [-0.05, 0) is 54.3 Å². The van der Waals surface area contributed by atoms with Crippen LogP contribution in [-0.2, 0) is 13.0 Å². The minimum Gasteiger partial charge on any atom is -0.497 e. The fourth-order valence-corrected chi connectivity index (χ4v) is 2.88. The van der Waals surface area contributed by atoms with Gasteiger partial charge in [0, 0.05) is 25.0 Å². The summed E-state index contributed by atoms with van der Waals surface area (Å²) in [4.78, 5) is 16.6. The van der Waals surface area contributed by atoms with Crippen LogP contribution in [0.5, 0.6) is 5.75 Å². The van der Waals surface area contributed by atoms with E-state index in [2.05, 4.69) is 27.8 Å². The summed E-state index contributed by atoms with van der Waals surface area (Å²) < 4.78 is 5.17. The quantitative estimate of drug-likeness (QED) is 0.625. The number of hydrogen-bond donors (Lipinski definition) is 2. The molecule has 0 radical (unpaired) electrons. The van der Waals surface area contributed by atoms with Crippen molar-refractivity contribution in [3.8, 4) is 5.75 Å². The topological polar surface area (TPSA) is 63.2 Å². The number of methoxy groups -OCH3 is 1. The van der Waals surface area contributed by atoms with Gasteiger partial charge in [-0.3, -0.25) is 9.78 Å². The molecule has 0 unspecified atom stereocenters. The summed E-state index contributed by atoms with van der Waals surface area (Å²) in [5, 5.41) is 6.28. The van der Waals surface area contributed by atoms with E-state index < -0.39 is 0 Å². The Bertz CT molecular complexity index is 923. The first-order chi connectivity index (χ1) is 13.7. The Kier molecular flexibility index (Phi) is 6.63. The maximum Gasteiger partial charge on any atom is 0.270 e. The summed E-state index contributed by atoms with van der Waals surface area (Å²) in [6.45, 7) is 3.29. The Labute approximate surface area is 165 Å². The van der Waals surface area contributed by atoms with Gasteiger partial charge in [-0.15, -0.1) is 0 Å². The monoisotopic (exact) mass is 375 g/mol. The maximum absolute atomic E-state index is 12.4. The summed E-state index contributed by atoms with van der Waals surface area (Å²) in [6.07, 6.45) is 2.53. The number of nitrogens with one attached hydrogen (secondary N) is 2. The van der Waals surface area contributed by atoms with Crippen molar-refractivity contribution in [2.24, 2.45) is 0 Å². The Balaban J connectivity index is 1.52. The van der Waals surface area contributed by atoms with Crippen molar-refractivity contribution in [1.82, 2.24) is 10.3 Å². The number of carbonyl (C=O) groups excluding carboxylic acids is 1. The molecule has 5 heteroatoms. The van der Waals surface area contributed by atoms with Crippen LogP contribution in [-0.4, -0.2) is 24.5 Å². The van der Waals surface area contributed by atoms with Gasteiger partial charge in [-0.1, -0.05) is 36.4 Å². The van der Waals surface area contributed by atoms with Crippen molar-refractivity contribution in [1.29, 1.82) is 0 Å². The standard InChI is InChI=1S/C23H25N3O2/c1-17-5-3-4-6-19(17)16-26-23(27)22-15-20(12-14-25-22)24-13-11-18-7-9-21(28-2)10-8-18/h3-10,12,14-15H,11,13,16H2,1-2H3,(H,24,25)(H,26,27). The fraction of sp³-hybridized carbons (Fsp3) is 0.217. The molecule has 0 fully saturated rings. The predicted octanol–water partition coefficient (Wildman–Crippen LogP) is 3.98. The molecule has 0 bridgehead atoms. The molecule has 1 amide bonds. The van der Waals surface area contributed by atoms with Crippen molar-refractivity contribution >= 4 is 11.6 Å². The van der Waals surface area contributed by atoms with Crippen molar-refractivity contribution in [3.05, 3.63) is 89.2 Å². The number of benzene rings is 2. The predicted molar refractivity (Wildman–Crippen MR) is 112 cm³/mol. The molecule has 2 aromatic carbocycles. The number of aryl methyl sites for hydroxylation is 1. The third-order valence-electron chi connectivity index (χ3n) is 4.60. The third-order valence-corrected chi connectivity index (χ3v) is 4.60. The number of amides is 1. The van der Waals surface area contributed by atoms with Gasteiger partial charge in [0.15, 0.2) is 0 Å². The van der Waals surface area contributed by atoms with Gasteiger partial charge in [-0.25, -0.2) is 0 Å². The van der Waals surface area contributed by atoms with E-state index in [1.165, 1.54) is 5.56 Å². The maximum atomic E-state index is 12.4. The van der Waals surface area contributed by atoms with Gasteiger partial charge < -0.3 is 15.4 Å². The number of rotatable bonds is 8. The highest BCUT2D eigenvalue weighted by molar-refractivity contribution is 5.93. The van der Waals surface area contributed by atoms with E-state index in [0.717, 1.165) is 35.5 Å². The first-order valence-corrected chi connectivity index (χ1v) is 9.31. The number of anilines is 1. The molecule has 1 heterocycles. The second-order valence-electron chi connectivity index (χ2n) is 6.56. The normalized spacial score (nSPS) is 10.4. The van der Waals surface area contributed by atoms with E-state index in [4.69, 9.17) is 4.74 Å². The lowest BCUT2D eigenvalue weighted by atomic mass is 10.1. The Morgan fingerprint density at radius 3 is 2.61 bits per heavy atom. The van der Waals surface area contributed by atoms with Crippen LogP contribution in [0.4, 0.5) is 5.69 Å². The van der Waals surface area contributed by atoms with Crippen molar-refractivity contribution in [3.63, 3.8) is 0 Å². The van der Waals surface area contributed by atoms with Crippen molar-refractivity contribution in [2.75, 3.05) is 19.0 Å². The van der Waals surface area contributed by atoms with Crippen LogP contribution in [0, 0.1) is 6.92 Å². The molecule has 0 saturated heterocycles. The van der Waals surface area contributed by atoms with Crippen LogP contribution in [0.25, 0.3) is 0 Å². The Morgan fingerprint density at radius 1 is 1.07 bits per heavy atom. The Hall–Kier alpha value is -3.34. The lowest BCUT2D eigenvalue weighted by Crippen LogP contribution is -2.24. The molecule has 3 aromatic rings. The summed E-state index contributed by atoms with van der Waals surface area (Å²) in [6, 6.07) is 19.7. The highest BCUT2D eigenvalue weighted by atomic mass is 16.5. The van der Waals surface area contributed by atoms with Crippen LogP contribution in [0.3, 0.4) is 0 Å². The number of aromatic nitrogens is 1. The van der Waals surface area contributed by atoms with E-state index >= 15 is 0 Å².